The minimum atomic E-state index is 0.712. The van der Waals surface area contributed by atoms with E-state index in [1.807, 2.05) is 18.0 Å². The van der Waals surface area contributed by atoms with Crippen molar-refractivity contribution in [2.24, 2.45) is 0 Å². The standard InChI is InChI=1S/C22H24N2OS/c1-4-16-6-10-20(11-7-16)23-22(26)24(2)15-17-5-8-19-14-21(25-3)12-9-18(19)13-17/h5-14H,4,15H2,1-3H3,(H,23,26). The molecule has 1 N–H and O–H groups in total. The first kappa shape index (κ1) is 18.2. The average Bonchev–Trinajstić information content (AvgIpc) is 2.68. The Labute approximate surface area is 160 Å². The number of fused-ring (bicyclic) bond motifs is 1. The van der Waals surface area contributed by atoms with Gasteiger partial charge in [0.1, 0.15) is 5.75 Å². The summed E-state index contributed by atoms with van der Waals surface area (Å²) in [5.74, 6) is 0.877. The maximum absolute atomic E-state index is 5.55. The lowest BCUT2D eigenvalue weighted by molar-refractivity contribution is 0.415. The van der Waals surface area contributed by atoms with Crippen LogP contribution < -0.4 is 10.1 Å². The van der Waals surface area contributed by atoms with E-state index in [1.54, 1.807) is 7.11 Å². The molecule has 0 fully saturated rings. The molecule has 0 saturated carbocycles. The molecule has 3 rings (SSSR count). The highest BCUT2D eigenvalue weighted by molar-refractivity contribution is 7.80. The van der Waals surface area contributed by atoms with E-state index in [0.29, 0.717) is 5.11 Å². The topological polar surface area (TPSA) is 24.5 Å². The Balaban J connectivity index is 1.67. The van der Waals surface area contributed by atoms with Crippen molar-refractivity contribution in [1.29, 1.82) is 0 Å². The lowest BCUT2D eigenvalue weighted by Crippen LogP contribution is -2.30. The number of hydrogen-bond acceptors (Lipinski definition) is 2. The first-order valence-electron chi connectivity index (χ1n) is 8.77. The van der Waals surface area contributed by atoms with Gasteiger partial charge >= 0.3 is 0 Å². The van der Waals surface area contributed by atoms with Crippen molar-refractivity contribution in [3.63, 3.8) is 0 Å². The maximum atomic E-state index is 5.55. The fourth-order valence-electron chi connectivity index (χ4n) is 2.89. The number of methoxy groups -OCH3 is 1. The molecule has 4 heteroatoms. The van der Waals surface area contributed by atoms with Gasteiger partial charge in [-0.1, -0.05) is 37.3 Å². The van der Waals surface area contributed by atoms with Crippen LogP contribution in [0.15, 0.2) is 60.7 Å². The molecule has 26 heavy (non-hydrogen) atoms. The highest BCUT2D eigenvalue weighted by Gasteiger charge is 2.07. The number of hydrogen-bond donors (Lipinski definition) is 1. The zero-order chi connectivity index (χ0) is 18.5. The average molecular weight is 365 g/mol. The van der Waals surface area contributed by atoms with Crippen molar-refractivity contribution in [3.05, 3.63) is 71.8 Å². The number of nitrogens with one attached hydrogen (secondary N) is 1. The Hall–Kier alpha value is -2.59. The molecular formula is C22H24N2OS. The zero-order valence-electron chi connectivity index (χ0n) is 15.5. The first-order valence-corrected chi connectivity index (χ1v) is 9.17. The van der Waals surface area contributed by atoms with Crippen LogP contribution in [-0.4, -0.2) is 24.2 Å². The fourth-order valence-corrected chi connectivity index (χ4v) is 3.07. The van der Waals surface area contributed by atoms with Crippen LogP contribution in [0.3, 0.4) is 0 Å². The highest BCUT2D eigenvalue weighted by Crippen LogP contribution is 2.22. The summed E-state index contributed by atoms with van der Waals surface area (Å²) in [5.41, 5.74) is 3.56. The first-order chi connectivity index (χ1) is 12.6. The normalized spacial score (nSPS) is 10.6. The summed E-state index contributed by atoms with van der Waals surface area (Å²) in [7, 11) is 3.70. The van der Waals surface area contributed by atoms with E-state index in [9.17, 15) is 0 Å². The Morgan fingerprint density at radius 3 is 2.31 bits per heavy atom. The summed E-state index contributed by atoms with van der Waals surface area (Å²) in [6, 6.07) is 21.0. The van der Waals surface area contributed by atoms with Crippen LogP contribution in [0.4, 0.5) is 5.69 Å². The number of rotatable bonds is 5. The van der Waals surface area contributed by atoms with E-state index in [4.69, 9.17) is 17.0 Å². The van der Waals surface area contributed by atoms with E-state index >= 15 is 0 Å². The molecule has 3 aromatic carbocycles. The van der Waals surface area contributed by atoms with Crippen molar-refractivity contribution in [2.45, 2.75) is 19.9 Å². The predicted molar refractivity (Wildman–Crippen MR) is 114 cm³/mol. The third-order valence-corrected chi connectivity index (χ3v) is 4.91. The number of nitrogens with zero attached hydrogens (tertiary/aromatic N) is 1. The number of thiocarbonyl (C=S) groups is 1. The van der Waals surface area contributed by atoms with Crippen molar-refractivity contribution < 1.29 is 4.74 Å². The van der Waals surface area contributed by atoms with Crippen LogP contribution in [0.25, 0.3) is 10.8 Å². The summed E-state index contributed by atoms with van der Waals surface area (Å²) < 4.78 is 5.29. The molecule has 3 aromatic rings. The molecule has 0 aromatic heterocycles. The summed E-state index contributed by atoms with van der Waals surface area (Å²) in [5, 5.41) is 6.39. The fraction of sp³-hybridized carbons (Fsp3) is 0.227. The molecule has 0 aliphatic rings. The quantitative estimate of drug-likeness (QED) is 0.626. The Morgan fingerprint density at radius 2 is 1.62 bits per heavy atom. The SMILES string of the molecule is CCc1ccc(NC(=S)N(C)Cc2ccc3cc(OC)ccc3c2)cc1. The molecule has 3 nitrogen and oxygen atoms in total. The van der Waals surface area contributed by atoms with Gasteiger partial charge in [0.25, 0.3) is 0 Å². The molecule has 0 amide bonds. The van der Waals surface area contributed by atoms with Gasteiger partial charge in [0.05, 0.1) is 7.11 Å². The van der Waals surface area contributed by atoms with Crippen molar-refractivity contribution in [3.8, 4) is 5.75 Å². The Bertz CT molecular complexity index is 906. The van der Waals surface area contributed by atoms with Crippen molar-refractivity contribution >= 4 is 33.8 Å². The number of anilines is 1. The lowest BCUT2D eigenvalue weighted by Gasteiger charge is -2.21. The number of aryl methyl sites for hydroxylation is 1. The summed E-state index contributed by atoms with van der Waals surface area (Å²) in [4.78, 5) is 2.05. The van der Waals surface area contributed by atoms with Crippen LogP contribution in [0, 0.1) is 0 Å². The third-order valence-electron chi connectivity index (χ3n) is 4.49. The van der Waals surface area contributed by atoms with Crippen LogP contribution in [0.2, 0.25) is 0 Å². The second-order valence-corrected chi connectivity index (χ2v) is 6.77. The molecule has 0 bridgehead atoms. The minimum absolute atomic E-state index is 0.712. The van der Waals surface area contributed by atoms with Crippen LogP contribution in [0.5, 0.6) is 5.75 Å². The maximum Gasteiger partial charge on any atom is 0.173 e. The van der Waals surface area contributed by atoms with Crippen LogP contribution in [0.1, 0.15) is 18.1 Å². The van der Waals surface area contributed by atoms with Crippen molar-refractivity contribution in [1.82, 2.24) is 4.90 Å². The third kappa shape index (κ3) is 4.33. The predicted octanol–water partition coefficient (Wildman–Crippen LogP) is 5.24. The molecule has 0 aliphatic carbocycles. The molecule has 0 radical (unpaired) electrons. The van der Waals surface area contributed by atoms with Gasteiger partial charge < -0.3 is 15.0 Å². The van der Waals surface area contributed by atoms with E-state index in [-0.39, 0.29) is 0 Å². The minimum Gasteiger partial charge on any atom is -0.497 e. The van der Waals surface area contributed by atoms with Crippen molar-refractivity contribution in [2.75, 3.05) is 19.5 Å². The van der Waals surface area contributed by atoms with Gasteiger partial charge in [0.2, 0.25) is 0 Å². The Morgan fingerprint density at radius 1 is 0.962 bits per heavy atom. The van der Waals surface area contributed by atoms with E-state index < -0.39 is 0 Å². The van der Waals surface area contributed by atoms with Gasteiger partial charge in [-0.3, -0.25) is 0 Å². The van der Waals surface area contributed by atoms with Gasteiger partial charge in [-0.15, -0.1) is 0 Å². The molecular weight excluding hydrogens is 340 g/mol. The molecule has 0 spiro atoms. The monoisotopic (exact) mass is 364 g/mol. The highest BCUT2D eigenvalue weighted by atomic mass is 32.1. The summed E-state index contributed by atoms with van der Waals surface area (Å²) in [6.07, 6.45) is 1.04. The molecule has 0 unspecified atom stereocenters. The van der Waals surface area contributed by atoms with E-state index in [2.05, 4.69) is 66.8 Å². The van der Waals surface area contributed by atoms with Gasteiger partial charge in [0, 0.05) is 19.3 Å². The van der Waals surface area contributed by atoms with Gasteiger partial charge in [-0.05, 0) is 70.9 Å². The summed E-state index contributed by atoms with van der Waals surface area (Å²) in [6.45, 7) is 2.90. The molecule has 0 heterocycles. The molecule has 0 atom stereocenters. The number of ether oxygens (including phenoxy) is 1. The molecule has 0 aliphatic heterocycles. The second-order valence-electron chi connectivity index (χ2n) is 6.38. The zero-order valence-corrected chi connectivity index (χ0v) is 16.3. The van der Waals surface area contributed by atoms with E-state index in [0.717, 1.165) is 24.4 Å². The van der Waals surface area contributed by atoms with Gasteiger partial charge in [-0.25, -0.2) is 0 Å². The van der Waals surface area contributed by atoms with E-state index in [1.165, 1.54) is 21.9 Å². The van der Waals surface area contributed by atoms with Gasteiger partial charge in [0.15, 0.2) is 5.11 Å². The van der Waals surface area contributed by atoms with Gasteiger partial charge in [-0.2, -0.15) is 0 Å². The largest absolute Gasteiger partial charge is 0.497 e. The van der Waals surface area contributed by atoms with Crippen LogP contribution >= 0.6 is 12.2 Å². The lowest BCUT2D eigenvalue weighted by atomic mass is 10.1. The Kier molecular flexibility index (Phi) is 5.74. The summed E-state index contributed by atoms with van der Waals surface area (Å²) >= 11 is 5.55. The second kappa shape index (κ2) is 8.19. The number of benzene rings is 3. The van der Waals surface area contributed by atoms with Crippen LogP contribution in [-0.2, 0) is 13.0 Å². The molecule has 0 saturated heterocycles. The smallest absolute Gasteiger partial charge is 0.173 e. The molecule has 134 valence electrons.